The third-order valence-corrected chi connectivity index (χ3v) is 3.90. The zero-order valence-electron chi connectivity index (χ0n) is 15.9. The summed E-state index contributed by atoms with van der Waals surface area (Å²) in [5.74, 6) is -0.819. The van der Waals surface area contributed by atoms with E-state index in [9.17, 15) is 9.59 Å². The highest BCUT2D eigenvalue weighted by molar-refractivity contribution is 5.83. The van der Waals surface area contributed by atoms with Gasteiger partial charge in [-0.2, -0.15) is 0 Å². The molecular formula is C21H36O4. The Morgan fingerprint density at radius 3 is 2.08 bits per heavy atom. The molecule has 0 aliphatic heterocycles. The summed E-state index contributed by atoms with van der Waals surface area (Å²) in [6, 6.07) is 0. The van der Waals surface area contributed by atoms with E-state index < -0.39 is 12.4 Å². The quantitative estimate of drug-likeness (QED) is 0.230. The highest BCUT2D eigenvalue weighted by atomic mass is 16.5. The number of allylic oxidation sites excluding steroid dienone is 4. The van der Waals surface area contributed by atoms with E-state index in [-0.39, 0.29) is 12.6 Å². The van der Waals surface area contributed by atoms with Gasteiger partial charge in [0, 0.05) is 6.42 Å². The molecule has 0 atom stereocenters. The normalized spacial score (nSPS) is 11.4. The minimum absolute atomic E-state index is 0.310. The molecule has 0 saturated carbocycles. The number of aliphatic hydroxyl groups excluding tert-OH is 1. The summed E-state index contributed by atoms with van der Waals surface area (Å²) in [6.07, 6.45) is 21.9. The molecule has 25 heavy (non-hydrogen) atoms. The number of Topliss-reactive ketones (excluding diaryl/α,β-unsaturated/α-hetero) is 1. The highest BCUT2D eigenvalue weighted by Crippen LogP contribution is 2.08. The molecule has 0 aliphatic rings. The van der Waals surface area contributed by atoms with E-state index in [2.05, 4.69) is 31.2 Å². The van der Waals surface area contributed by atoms with Gasteiger partial charge in [0.15, 0.2) is 12.4 Å². The van der Waals surface area contributed by atoms with E-state index >= 15 is 0 Å². The molecule has 1 N–H and O–H groups in total. The summed E-state index contributed by atoms with van der Waals surface area (Å²) >= 11 is 0. The van der Waals surface area contributed by atoms with Gasteiger partial charge < -0.3 is 9.84 Å². The van der Waals surface area contributed by atoms with Crippen molar-refractivity contribution >= 4 is 11.8 Å². The lowest BCUT2D eigenvalue weighted by Gasteiger charge is -2.03. The zero-order chi connectivity index (χ0) is 18.6. The van der Waals surface area contributed by atoms with E-state index in [1.165, 1.54) is 38.5 Å². The van der Waals surface area contributed by atoms with Crippen LogP contribution in [0.15, 0.2) is 24.3 Å². The first kappa shape index (κ1) is 23.6. The van der Waals surface area contributed by atoms with Crippen molar-refractivity contribution in [3.05, 3.63) is 24.3 Å². The lowest BCUT2D eigenvalue weighted by Crippen LogP contribution is -2.16. The summed E-state index contributed by atoms with van der Waals surface area (Å²) in [6.45, 7) is 1.34. The maximum atomic E-state index is 11.3. The van der Waals surface area contributed by atoms with E-state index in [0.29, 0.717) is 6.42 Å². The molecule has 0 saturated heterocycles. The van der Waals surface area contributed by atoms with Crippen molar-refractivity contribution in [2.45, 2.75) is 84.0 Å². The largest absolute Gasteiger partial charge is 0.458 e. The second-order valence-electron chi connectivity index (χ2n) is 6.34. The van der Waals surface area contributed by atoms with Crippen LogP contribution in [0.2, 0.25) is 0 Å². The first-order valence-electron chi connectivity index (χ1n) is 9.78. The molecule has 0 rings (SSSR count). The lowest BCUT2D eigenvalue weighted by molar-refractivity contribution is -0.148. The molecule has 0 spiro atoms. The molecule has 0 aliphatic carbocycles. The van der Waals surface area contributed by atoms with E-state index in [1.54, 1.807) is 0 Å². The van der Waals surface area contributed by atoms with Crippen LogP contribution in [0.1, 0.15) is 84.0 Å². The topological polar surface area (TPSA) is 63.6 Å². The van der Waals surface area contributed by atoms with Crippen molar-refractivity contribution < 1.29 is 19.4 Å². The standard InChI is InChI=1S/C21H36O4/c1-2-3-4-5-6-7-8-9-10-11-12-13-14-15-16-17-21(24)25-19-20(23)18-22/h6-7,9-10,22H,2-5,8,11-19H2,1H3/b7-6-,10-9-. The molecule has 4 nitrogen and oxygen atoms in total. The van der Waals surface area contributed by atoms with Gasteiger partial charge in [-0.05, 0) is 38.5 Å². The molecule has 0 unspecified atom stereocenters. The van der Waals surface area contributed by atoms with Gasteiger partial charge in [0.1, 0.15) is 6.61 Å². The van der Waals surface area contributed by atoms with Crippen LogP contribution in [0.4, 0.5) is 0 Å². The van der Waals surface area contributed by atoms with Crippen LogP contribution < -0.4 is 0 Å². The zero-order valence-corrected chi connectivity index (χ0v) is 15.9. The molecular weight excluding hydrogens is 316 g/mol. The van der Waals surface area contributed by atoms with Crippen molar-refractivity contribution in [1.29, 1.82) is 0 Å². The summed E-state index contributed by atoms with van der Waals surface area (Å²) in [5, 5.41) is 8.52. The second kappa shape index (κ2) is 18.9. The summed E-state index contributed by atoms with van der Waals surface area (Å²) in [4.78, 5) is 22.1. The van der Waals surface area contributed by atoms with Crippen LogP contribution in [0.3, 0.4) is 0 Å². The van der Waals surface area contributed by atoms with Gasteiger partial charge in [-0.1, -0.05) is 63.3 Å². The van der Waals surface area contributed by atoms with E-state index in [1.807, 2.05) is 0 Å². The Kier molecular flexibility index (Phi) is 17.8. The average molecular weight is 353 g/mol. The van der Waals surface area contributed by atoms with Crippen molar-refractivity contribution in [2.75, 3.05) is 13.2 Å². The number of aliphatic hydroxyl groups is 1. The van der Waals surface area contributed by atoms with Crippen LogP contribution in [0, 0.1) is 0 Å². The van der Waals surface area contributed by atoms with Gasteiger partial charge in [-0.25, -0.2) is 0 Å². The maximum Gasteiger partial charge on any atom is 0.306 e. The summed E-state index contributed by atoms with van der Waals surface area (Å²) < 4.78 is 4.75. The Labute approximate surface area is 153 Å². The molecule has 0 bridgehead atoms. The van der Waals surface area contributed by atoms with Crippen LogP contribution in [0.5, 0.6) is 0 Å². The molecule has 0 amide bonds. The number of ether oxygens (including phenoxy) is 1. The second-order valence-corrected chi connectivity index (χ2v) is 6.34. The number of carbonyl (C=O) groups excluding carboxylic acids is 2. The number of rotatable bonds is 17. The summed E-state index contributed by atoms with van der Waals surface area (Å²) in [5.41, 5.74) is 0. The fourth-order valence-corrected chi connectivity index (χ4v) is 2.36. The highest BCUT2D eigenvalue weighted by Gasteiger charge is 2.06. The van der Waals surface area contributed by atoms with E-state index in [4.69, 9.17) is 9.84 Å². The predicted octanol–water partition coefficient (Wildman–Crippen LogP) is 4.90. The number of carbonyl (C=O) groups is 2. The smallest absolute Gasteiger partial charge is 0.306 e. The third-order valence-electron chi connectivity index (χ3n) is 3.90. The lowest BCUT2D eigenvalue weighted by atomic mass is 10.1. The van der Waals surface area contributed by atoms with Gasteiger partial charge in [-0.15, -0.1) is 0 Å². The minimum atomic E-state index is -0.572. The van der Waals surface area contributed by atoms with Gasteiger partial charge in [0.2, 0.25) is 0 Å². The third kappa shape index (κ3) is 18.8. The van der Waals surface area contributed by atoms with Crippen molar-refractivity contribution in [3.63, 3.8) is 0 Å². The van der Waals surface area contributed by atoms with Crippen molar-refractivity contribution in [1.82, 2.24) is 0 Å². The number of unbranched alkanes of at least 4 members (excludes halogenated alkanes) is 8. The Hall–Kier alpha value is -1.42. The molecule has 0 aromatic rings. The Balaban J connectivity index is 3.31. The van der Waals surface area contributed by atoms with Crippen LogP contribution in [-0.4, -0.2) is 30.1 Å². The first-order valence-corrected chi connectivity index (χ1v) is 9.78. The van der Waals surface area contributed by atoms with Gasteiger partial charge in [0.05, 0.1) is 0 Å². The molecule has 0 fully saturated rings. The monoisotopic (exact) mass is 352 g/mol. The number of hydrogen-bond donors (Lipinski definition) is 1. The summed E-state index contributed by atoms with van der Waals surface area (Å²) in [7, 11) is 0. The Morgan fingerprint density at radius 1 is 0.840 bits per heavy atom. The van der Waals surface area contributed by atoms with Crippen molar-refractivity contribution in [2.24, 2.45) is 0 Å². The van der Waals surface area contributed by atoms with Crippen LogP contribution in [-0.2, 0) is 14.3 Å². The Morgan fingerprint density at radius 2 is 1.44 bits per heavy atom. The van der Waals surface area contributed by atoms with Crippen LogP contribution >= 0.6 is 0 Å². The Bertz CT molecular complexity index is 385. The van der Waals surface area contributed by atoms with Crippen molar-refractivity contribution in [3.8, 4) is 0 Å². The van der Waals surface area contributed by atoms with Gasteiger partial charge in [0.25, 0.3) is 0 Å². The molecule has 0 radical (unpaired) electrons. The number of ketones is 1. The fourth-order valence-electron chi connectivity index (χ4n) is 2.36. The van der Waals surface area contributed by atoms with Crippen LogP contribution in [0.25, 0.3) is 0 Å². The number of hydrogen-bond acceptors (Lipinski definition) is 4. The average Bonchev–Trinajstić information content (AvgIpc) is 2.62. The molecule has 144 valence electrons. The minimum Gasteiger partial charge on any atom is -0.458 e. The molecule has 4 heteroatoms. The van der Waals surface area contributed by atoms with Gasteiger partial charge >= 0.3 is 5.97 Å². The predicted molar refractivity (Wildman–Crippen MR) is 102 cm³/mol. The molecule has 0 heterocycles. The fraction of sp³-hybridized carbons (Fsp3) is 0.714. The number of esters is 1. The molecule has 0 aromatic heterocycles. The SMILES string of the molecule is CCCCC/C=C\C/C=C\CCCCCCCC(=O)OCC(=O)CO. The van der Waals surface area contributed by atoms with Gasteiger partial charge in [-0.3, -0.25) is 9.59 Å². The maximum absolute atomic E-state index is 11.3. The first-order chi connectivity index (χ1) is 12.2. The van der Waals surface area contributed by atoms with E-state index in [0.717, 1.165) is 32.1 Å². The molecule has 0 aromatic carbocycles.